The van der Waals surface area contributed by atoms with Crippen LogP contribution in [0.2, 0.25) is 0 Å². The fourth-order valence-corrected chi connectivity index (χ4v) is 3.35. The highest BCUT2D eigenvalue weighted by Crippen LogP contribution is 2.34. The van der Waals surface area contributed by atoms with Crippen LogP contribution in [0.5, 0.6) is 0 Å². The van der Waals surface area contributed by atoms with Crippen molar-refractivity contribution in [1.82, 2.24) is 9.80 Å². The van der Waals surface area contributed by atoms with E-state index >= 15 is 0 Å². The van der Waals surface area contributed by atoms with Crippen molar-refractivity contribution >= 4 is 12.0 Å². The third kappa shape index (κ3) is 4.00. The quantitative estimate of drug-likeness (QED) is 0.785. The molecule has 2 aliphatic heterocycles. The van der Waals surface area contributed by atoms with E-state index in [0.29, 0.717) is 25.9 Å². The molecule has 2 heterocycles. The molecule has 0 unspecified atom stereocenters. The van der Waals surface area contributed by atoms with Crippen LogP contribution < -0.4 is 0 Å². The van der Waals surface area contributed by atoms with Gasteiger partial charge < -0.3 is 19.5 Å². The molecule has 24 heavy (non-hydrogen) atoms. The topological polar surface area (TPSA) is 79.3 Å². The van der Waals surface area contributed by atoms with Crippen LogP contribution in [0.1, 0.15) is 54.4 Å². The Morgan fingerprint density at radius 1 is 1.21 bits per heavy atom. The molecule has 0 radical (unpaired) electrons. The Balaban J connectivity index is 2.21. The minimum absolute atomic E-state index is 0.147. The van der Waals surface area contributed by atoms with Gasteiger partial charge >= 0.3 is 6.09 Å². The third-order valence-corrected chi connectivity index (χ3v) is 4.40. The van der Waals surface area contributed by atoms with Gasteiger partial charge in [0.1, 0.15) is 17.4 Å². The second-order valence-electron chi connectivity index (χ2n) is 8.12. The average Bonchev–Trinajstić information content (AvgIpc) is 2.66. The van der Waals surface area contributed by atoms with E-state index in [4.69, 9.17) is 9.47 Å². The number of aliphatic hydroxyl groups is 1. The Labute approximate surface area is 143 Å². The second kappa shape index (κ2) is 6.52. The van der Waals surface area contributed by atoms with E-state index in [9.17, 15) is 14.7 Å². The Bertz CT molecular complexity index is 492. The van der Waals surface area contributed by atoms with E-state index in [1.165, 1.54) is 4.90 Å². The molecule has 0 spiro atoms. The number of carbonyl (C=O) groups excluding carboxylic acids is 2. The van der Waals surface area contributed by atoms with Gasteiger partial charge in [-0.1, -0.05) is 0 Å². The van der Waals surface area contributed by atoms with Gasteiger partial charge in [-0.05, 0) is 54.4 Å². The van der Waals surface area contributed by atoms with Crippen molar-refractivity contribution in [3.8, 4) is 0 Å². The molecule has 2 rings (SSSR count). The molecule has 2 amide bonds. The monoisotopic (exact) mass is 342 g/mol. The molecule has 0 aromatic heterocycles. The first-order valence-electron chi connectivity index (χ1n) is 8.59. The van der Waals surface area contributed by atoms with Gasteiger partial charge in [0.25, 0.3) is 0 Å². The molecule has 2 aliphatic rings. The molecule has 2 atom stereocenters. The van der Waals surface area contributed by atoms with Crippen LogP contribution >= 0.6 is 0 Å². The van der Waals surface area contributed by atoms with E-state index in [0.717, 1.165) is 0 Å². The molecular weight excluding hydrogens is 312 g/mol. The van der Waals surface area contributed by atoms with Gasteiger partial charge in [-0.2, -0.15) is 0 Å². The molecule has 0 aromatic rings. The number of likely N-dealkylation sites (tertiary alicyclic amines) is 1. The molecule has 138 valence electrons. The Hall–Kier alpha value is -1.34. The summed E-state index contributed by atoms with van der Waals surface area (Å²) in [6.07, 6.45) is -0.212. The molecule has 0 aromatic carbocycles. The number of piperidine rings is 1. The van der Waals surface area contributed by atoms with Crippen LogP contribution in [-0.4, -0.2) is 69.6 Å². The predicted molar refractivity (Wildman–Crippen MR) is 88.3 cm³/mol. The van der Waals surface area contributed by atoms with Gasteiger partial charge in [-0.15, -0.1) is 0 Å². The molecule has 2 saturated heterocycles. The normalized spacial score (nSPS) is 28.1. The maximum Gasteiger partial charge on any atom is 0.413 e. The van der Waals surface area contributed by atoms with Gasteiger partial charge in [0, 0.05) is 13.1 Å². The largest absolute Gasteiger partial charge is 0.444 e. The number of carbonyl (C=O) groups is 2. The van der Waals surface area contributed by atoms with Gasteiger partial charge in [0.05, 0.1) is 12.2 Å². The van der Waals surface area contributed by atoms with E-state index in [2.05, 4.69) is 0 Å². The molecule has 7 heteroatoms. The zero-order valence-corrected chi connectivity index (χ0v) is 15.5. The maximum atomic E-state index is 13.0. The Kier molecular flexibility index (Phi) is 5.16. The summed E-state index contributed by atoms with van der Waals surface area (Å²) in [5, 5.41) is 9.63. The van der Waals surface area contributed by atoms with Gasteiger partial charge in [0.2, 0.25) is 5.91 Å². The first-order chi connectivity index (χ1) is 10.9. The smallest absolute Gasteiger partial charge is 0.413 e. The van der Waals surface area contributed by atoms with Crippen molar-refractivity contribution < 1.29 is 24.2 Å². The van der Waals surface area contributed by atoms with Crippen molar-refractivity contribution in [3.63, 3.8) is 0 Å². The standard InChI is InChI=1S/C17H30N2O5/c1-11-13(14(21)18-9-7-12(20)8-10-18)19(17(5,6)23-11)15(22)24-16(2,3)4/h11-13,20H,7-10H2,1-6H3/t11-,13+/m1/s1. The molecule has 0 saturated carbocycles. The summed E-state index contributed by atoms with van der Waals surface area (Å²) in [6.45, 7) is 11.7. The molecule has 0 bridgehead atoms. The summed E-state index contributed by atoms with van der Waals surface area (Å²) < 4.78 is 11.4. The SMILES string of the molecule is C[C@H]1OC(C)(C)N(C(=O)OC(C)(C)C)[C@@H]1C(=O)N1CCC(O)CC1. The molecule has 0 aliphatic carbocycles. The lowest BCUT2D eigenvalue weighted by atomic mass is 10.0. The van der Waals surface area contributed by atoms with Crippen molar-refractivity contribution in [1.29, 1.82) is 0 Å². The van der Waals surface area contributed by atoms with Crippen LogP contribution in [0, 0.1) is 0 Å². The minimum atomic E-state index is -0.919. The van der Waals surface area contributed by atoms with Crippen LogP contribution in [0.15, 0.2) is 0 Å². The zero-order valence-electron chi connectivity index (χ0n) is 15.5. The van der Waals surface area contributed by atoms with Crippen molar-refractivity contribution in [2.24, 2.45) is 0 Å². The van der Waals surface area contributed by atoms with Crippen LogP contribution in [0.25, 0.3) is 0 Å². The molecule has 1 N–H and O–H groups in total. The number of aliphatic hydroxyl groups excluding tert-OH is 1. The number of rotatable bonds is 1. The average molecular weight is 342 g/mol. The van der Waals surface area contributed by atoms with E-state index in [-0.39, 0.29) is 12.0 Å². The fraction of sp³-hybridized carbons (Fsp3) is 0.882. The van der Waals surface area contributed by atoms with Crippen LogP contribution in [-0.2, 0) is 14.3 Å². The maximum absolute atomic E-state index is 13.0. The summed E-state index contributed by atoms with van der Waals surface area (Å²) in [7, 11) is 0. The van der Waals surface area contributed by atoms with Crippen molar-refractivity contribution in [2.45, 2.75) is 84.0 Å². The minimum Gasteiger partial charge on any atom is -0.444 e. The highest BCUT2D eigenvalue weighted by atomic mass is 16.6. The van der Waals surface area contributed by atoms with Crippen LogP contribution in [0.4, 0.5) is 4.79 Å². The lowest BCUT2D eigenvalue weighted by Crippen LogP contribution is -2.57. The van der Waals surface area contributed by atoms with Crippen molar-refractivity contribution in [2.75, 3.05) is 13.1 Å². The van der Waals surface area contributed by atoms with E-state index in [1.807, 2.05) is 0 Å². The second-order valence-corrected chi connectivity index (χ2v) is 8.12. The number of hydrogen-bond donors (Lipinski definition) is 1. The van der Waals surface area contributed by atoms with Crippen LogP contribution in [0.3, 0.4) is 0 Å². The molecular formula is C17H30N2O5. The fourth-order valence-electron chi connectivity index (χ4n) is 3.35. The first-order valence-corrected chi connectivity index (χ1v) is 8.59. The zero-order chi connectivity index (χ0) is 18.3. The Morgan fingerprint density at radius 2 is 1.75 bits per heavy atom. The number of nitrogens with zero attached hydrogens (tertiary/aromatic N) is 2. The summed E-state index contributed by atoms with van der Waals surface area (Å²) in [5.41, 5.74) is -1.57. The van der Waals surface area contributed by atoms with Crippen molar-refractivity contribution in [3.05, 3.63) is 0 Å². The highest BCUT2D eigenvalue weighted by molar-refractivity contribution is 5.87. The predicted octanol–water partition coefficient (Wildman–Crippen LogP) is 1.73. The molecule has 2 fully saturated rings. The Morgan fingerprint density at radius 3 is 2.25 bits per heavy atom. The van der Waals surface area contributed by atoms with E-state index in [1.54, 1.807) is 46.4 Å². The van der Waals surface area contributed by atoms with E-state index < -0.39 is 29.6 Å². The third-order valence-electron chi connectivity index (χ3n) is 4.40. The number of amides is 2. The first kappa shape index (κ1) is 19.0. The van der Waals surface area contributed by atoms with Gasteiger partial charge in [0.15, 0.2) is 0 Å². The summed E-state index contributed by atoms with van der Waals surface area (Å²) in [4.78, 5) is 28.8. The van der Waals surface area contributed by atoms with Gasteiger partial charge in [-0.25, -0.2) is 4.79 Å². The molecule has 7 nitrogen and oxygen atoms in total. The summed E-state index contributed by atoms with van der Waals surface area (Å²) >= 11 is 0. The summed E-state index contributed by atoms with van der Waals surface area (Å²) in [5.74, 6) is -0.147. The lowest BCUT2D eigenvalue weighted by molar-refractivity contribution is -0.139. The highest BCUT2D eigenvalue weighted by Gasteiger charge is 2.53. The summed E-state index contributed by atoms with van der Waals surface area (Å²) in [6, 6.07) is -0.718. The number of hydrogen-bond acceptors (Lipinski definition) is 5. The van der Waals surface area contributed by atoms with Gasteiger partial charge in [-0.3, -0.25) is 9.69 Å². The number of ether oxygens (including phenoxy) is 2. The lowest BCUT2D eigenvalue weighted by Gasteiger charge is -2.37.